The van der Waals surface area contributed by atoms with E-state index in [2.05, 4.69) is 34.6 Å². The lowest BCUT2D eigenvalue weighted by molar-refractivity contribution is 0.254. The Bertz CT molecular complexity index is 269. The quantitative estimate of drug-likeness (QED) is 0.284. The van der Waals surface area contributed by atoms with Gasteiger partial charge in [0, 0.05) is 0 Å². The first-order chi connectivity index (χ1) is 11.2. The molecule has 0 saturated heterocycles. The summed E-state index contributed by atoms with van der Waals surface area (Å²) in [6, 6.07) is 0. The Morgan fingerprint density at radius 2 is 1.43 bits per heavy atom. The fourth-order valence-electron chi connectivity index (χ4n) is 5.01. The Labute approximate surface area is 148 Å². The molecule has 0 aromatic carbocycles. The molecule has 1 fully saturated rings. The van der Waals surface area contributed by atoms with Crippen LogP contribution in [0.3, 0.4) is 0 Å². The van der Waals surface area contributed by atoms with E-state index >= 15 is 0 Å². The largest absolute Gasteiger partial charge is 0.0654 e. The third kappa shape index (κ3) is 8.08. The first-order valence-corrected chi connectivity index (χ1v) is 11.2. The molecule has 1 aliphatic rings. The molecule has 0 heteroatoms. The molecule has 0 nitrogen and oxygen atoms in total. The van der Waals surface area contributed by atoms with Gasteiger partial charge in [-0.1, -0.05) is 112 Å². The molecule has 0 aromatic rings. The van der Waals surface area contributed by atoms with Gasteiger partial charge in [0.2, 0.25) is 0 Å². The van der Waals surface area contributed by atoms with Crippen LogP contribution in [0.5, 0.6) is 0 Å². The standard InChI is InChI=1S/C23H46/c1-6-10-15-20(12-7-2)16-11-17-21(13-8-3)19(5)23-18-22(23)14-9-4/h19-23H,6-18H2,1-5H3. The molecule has 0 amide bonds. The average molecular weight is 323 g/mol. The van der Waals surface area contributed by atoms with Crippen molar-refractivity contribution in [3.63, 3.8) is 0 Å². The summed E-state index contributed by atoms with van der Waals surface area (Å²) in [5, 5.41) is 0. The van der Waals surface area contributed by atoms with Gasteiger partial charge in [0.05, 0.1) is 0 Å². The highest BCUT2D eigenvalue weighted by atomic mass is 14.5. The van der Waals surface area contributed by atoms with Crippen molar-refractivity contribution in [3.8, 4) is 0 Å². The molecule has 23 heavy (non-hydrogen) atoms. The van der Waals surface area contributed by atoms with Crippen molar-refractivity contribution in [2.75, 3.05) is 0 Å². The Morgan fingerprint density at radius 1 is 0.739 bits per heavy atom. The molecule has 1 rings (SSSR count). The Balaban J connectivity index is 2.34. The lowest BCUT2D eigenvalue weighted by Crippen LogP contribution is -2.15. The maximum atomic E-state index is 2.58. The first-order valence-electron chi connectivity index (χ1n) is 11.2. The normalized spacial score (nSPS) is 24.4. The summed E-state index contributed by atoms with van der Waals surface area (Å²) in [6.45, 7) is 12.0. The minimum absolute atomic E-state index is 0.992. The van der Waals surface area contributed by atoms with E-state index in [1.165, 1.54) is 77.0 Å². The summed E-state index contributed by atoms with van der Waals surface area (Å²) < 4.78 is 0. The van der Waals surface area contributed by atoms with E-state index in [1.54, 1.807) is 6.42 Å². The smallest absolute Gasteiger partial charge is 0.0355 e. The Morgan fingerprint density at radius 3 is 2.04 bits per heavy atom. The van der Waals surface area contributed by atoms with Crippen LogP contribution < -0.4 is 0 Å². The fraction of sp³-hybridized carbons (Fsp3) is 1.00. The summed E-state index contributed by atoms with van der Waals surface area (Å²) >= 11 is 0. The second kappa shape index (κ2) is 12.4. The predicted octanol–water partition coefficient (Wildman–Crippen LogP) is 8.25. The SMILES string of the molecule is CCCCC(CCC)CCCC(CCC)C(C)C1CC1CCC. The highest BCUT2D eigenvalue weighted by Crippen LogP contribution is 2.50. The summed E-state index contributed by atoms with van der Waals surface area (Å²) in [6.07, 6.45) is 18.9. The highest BCUT2D eigenvalue weighted by Gasteiger charge is 2.42. The van der Waals surface area contributed by atoms with Gasteiger partial charge in [-0.2, -0.15) is 0 Å². The monoisotopic (exact) mass is 322 g/mol. The van der Waals surface area contributed by atoms with E-state index < -0.39 is 0 Å². The lowest BCUT2D eigenvalue weighted by atomic mass is 9.80. The van der Waals surface area contributed by atoms with Gasteiger partial charge < -0.3 is 0 Å². The van der Waals surface area contributed by atoms with Crippen molar-refractivity contribution in [2.45, 2.75) is 118 Å². The predicted molar refractivity (Wildman–Crippen MR) is 106 cm³/mol. The zero-order chi connectivity index (χ0) is 17.1. The molecule has 0 aliphatic heterocycles. The number of rotatable bonds is 15. The minimum Gasteiger partial charge on any atom is -0.0654 e. The van der Waals surface area contributed by atoms with Crippen LogP contribution in [0.4, 0.5) is 0 Å². The maximum absolute atomic E-state index is 2.58. The summed E-state index contributed by atoms with van der Waals surface area (Å²) in [5.74, 6) is 5.20. The van der Waals surface area contributed by atoms with Gasteiger partial charge in [0.1, 0.15) is 0 Å². The van der Waals surface area contributed by atoms with Gasteiger partial charge in [-0.05, 0) is 36.0 Å². The van der Waals surface area contributed by atoms with Gasteiger partial charge >= 0.3 is 0 Å². The number of hydrogen-bond donors (Lipinski definition) is 0. The number of unbranched alkanes of at least 4 members (excludes halogenated alkanes) is 1. The van der Waals surface area contributed by atoms with Crippen LogP contribution in [-0.2, 0) is 0 Å². The van der Waals surface area contributed by atoms with Crippen molar-refractivity contribution < 1.29 is 0 Å². The number of hydrogen-bond acceptors (Lipinski definition) is 0. The van der Waals surface area contributed by atoms with Crippen LogP contribution >= 0.6 is 0 Å². The van der Waals surface area contributed by atoms with E-state index in [0.717, 1.165) is 29.6 Å². The topological polar surface area (TPSA) is 0 Å². The van der Waals surface area contributed by atoms with Crippen LogP contribution in [0.15, 0.2) is 0 Å². The van der Waals surface area contributed by atoms with E-state index in [9.17, 15) is 0 Å². The van der Waals surface area contributed by atoms with E-state index in [4.69, 9.17) is 0 Å². The van der Waals surface area contributed by atoms with Gasteiger partial charge in [0.15, 0.2) is 0 Å². The summed E-state index contributed by atoms with van der Waals surface area (Å²) in [7, 11) is 0. The first kappa shape index (κ1) is 21.0. The van der Waals surface area contributed by atoms with Crippen LogP contribution in [0.2, 0.25) is 0 Å². The molecule has 138 valence electrons. The molecule has 0 bridgehead atoms. The molecule has 0 radical (unpaired) electrons. The molecule has 0 N–H and O–H groups in total. The Hall–Kier alpha value is 0. The zero-order valence-corrected chi connectivity index (χ0v) is 17.1. The van der Waals surface area contributed by atoms with Gasteiger partial charge in [-0.15, -0.1) is 0 Å². The van der Waals surface area contributed by atoms with Crippen molar-refractivity contribution >= 4 is 0 Å². The molecule has 0 aromatic heterocycles. The van der Waals surface area contributed by atoms with E-state index in [1.807, 2.05) is 0 Å². The lowest BCUT2D eigenvalue weighted by Gasteiger charge is -2.25. The van der Waals surface area contributed by atoms with E-state index in [-0.39, 0.29) is 0 Å². The van der Waals surface area contributed by atoms with Crippen LogP contribution in [-0.4, -0.2) is 0 Å². The highest BCUT2D eigenvalue weighted by molar-refractivity contribution is 4.91. The van der Waals surface area contributed by atoms with Crippen LogP contribution in [0, 0.1) is 29.6 Å². The van der Waals surface area contributed by atoms with Crippen molar-refractivity contribution in [3.05, 3.63) is 0 Å². The molecule has 0 spiro atoms. The second-order valence-corrected chi connectivity index (χ2v) is 8.58. The second-order valence-electron chi connectivity index (χ2n) is 8.58. The van der Waals surface area contributed by atoms with Gasteiger partial charge in [-0.3, -0.25) is 0 Å². The summed E-state index contributed by atoms with van der Waals surface area (Å²) in [5.41, 5.74) is 0. The zero-order valence-electron chi connectivity index (χ0n) is 17.1. The average Bonchev–Trinajstić information content (AvgIpc) is 3.30. The van der Waals surface area contributed by atoms with Crippen molar-refractivity contribution in [1.82, 2.24) is 0 Å². The fourth-order valence-corrected chi connectivity index (χ4v) is 5.01. The molecule has 1 aliphatic carbocycles. The molecule has 5 atom stereocenters. The molecular formula is C23H46. The molecule has 1 saturated carbocycles. The van der Waals surface area contributed by atoms with Gasteiger partial charge in [0.25, 0.3) is 0 Å². The molecular weight excluding hydrogens is 276 g/mol. The van der Waals surface area contributed by atoms with E-state index in [0.29, 0.717) is 0 Å². The van der Waals surface area contributed by atoms with Crippen LogP contribution in [0.25, 0.3) is 0 Å². The maximum Gasteiger partial charge on any atom is -0.0355 e. The van der Waals surface area contributed by atoms with Crippen molar-refractivity contribution in [1.29, 1.82) is 0 Å². The minimum atomic E-state index is 0.992. The van der Waals surface area contributed by atoms with Crippen LogP contribution in [0.1, 0.15) is 118 Å². The molecule has 5 unspecified atom stereocenters. The van der Waals surface area contributed by atoms with Gasteiger partial charge in [-0.25, -0.2) is 0 Å². The Kier molecular flexibility index (Phi) is 11.3. The molecule has 0 heterocycles. The summed E-state index contributed by atoms with van der Waals surface area (Å²) in [4.78, 5) is 0. The third-order valence-corrected chi connectivity index (χ3v) is 6.57. The third-order valence-electron chi connectivity index (χ3n) is 6.57. The van der Waals surface area contributed by atoms with Crippen molar-refractivity contribution in [2.24, 2.45) is 29.6 Å².